The van der Waals surface area contributed by atoms with Crippen LogP contribution in [0.5, 0.6) is 5.75 Å². The molecular weight excluding hydrogens is 376 g/mol. The van der Waals surface area contributed by atoms with Gasteiger partial charge in [-0.15, -0.1) is 0 Å². The first-order chi connectivity index (χ1) is 14.2. The van der Waals surface area contributed by atoms with Crippen molar-refractivity contribution in [1.82, 2.24) is 14.5 Å². The molecule has 2 heterocycles. The fourth-order valence-corrected chi connectivity index (χ4v) is 3.27. The van der Waals surface area contributed by atoms with E-state index in [0.717, 1.165) is 58.9 Å². The van der Waals surface area contributed by atoms with Gasteiger partial charge in [0, 0.05) is 11.8 Å². The summed E-state index contributed by atoms with van der Waals surface area (Å²) in [5, 5.41) is 3.01. The van der Waals surface area contributed by atoms with E-state index in [2.05, 4.69) is 22.9 Å². The molecule has 0 saturated carbocycles. The lowest BCUT2D eigenvalue weighted by atomic mass is 9.95. The second-order valence-electron chi connectivity index (χ2n) is 8.74. The fourth-order valence-electron chi connectivity index (χ4n) is 3.27. The topological polar surface area (TPSA) is 69.0 Å². The highest BCUT2D eigenvalue weighted by Gasteiger charge is 2.23. The maximum absolute atomic E-state index is 12.5. The molecular formula is C24H32N4O2. The molecule has 1 N–H and O–H groups in total. The van der Waals surface area contributed by atoms with Crippen molar-refractivity contribution in [3.05, 3.63) is 47.4 Å². The number of anilines is 1. The molecule has 6 heteroatoms. The van der Waals surface area contributed by atoms with Crippen LogP contribution in [0.4, 0.5) is 5.69 Å². The van der Waals surface area contributed by atoms with Crippen LogP contribution in [0, 0.1) is 12.3 Å². The molecule has 0 aliphatic carbocycles. The van der Waals surface area contributed by atoms with Crippen LogP contribution in [0.2, 0.25) is 0 Å². The normalized spacial score (nSPS) is 11.7. The lowest BCUT2D eigenvalue weighted by molar-refractivity contribution is -0.123. The quantitative estimate of drug-likeness (QED) is 0.589. The lowest BCUT2D eigenvalue weighted by Gasteiger charge is -2.18. The summed E-state index contributed by atoms with van der Waals surface area (Å²) in [5.74, 6) is 1.82. The number of unbranched alkanes of at least 4 members (excludes halogenated alkanes) is 1. The standard InChI is InChI=1S/C24H32N4O2/c1-7-8-12-21-26-20-14-19(27-23(29)24(3,4)5)16(2)25-22(20)28(21)15-17-10-9-11-18(13-17)30-6/h9-11,13-14H,7-8,12,15H2,1-6H3,(H,27,29). The van der Waals surface area contributed by atoms with Gasteiger partial charge in [0.1, 0.15) is 17.1 Å². The third kappa shape index (κ3) is 4.81. The molecule has 0 unspecified atom stereocenters. The van der Waals surface area contributed by atoms with E-state index in [4.69, 9.17) is 14.7 Å². The largest absolute Gasteiger partial charge is 0.497 e. The number of aromatic nitrogens is 3. The summed E-state index contributed by atoms with van der Waals surface area (Å²) in [6, 6.07) is 10.0. The van der Waals surface area contributed by atoms with E-state index in [1.54, 1.807) is 7.11 Å². The number of benzene rings is 1. The number of methoxy groups -OCH3 is 1. The van der Waals surface area contributed by atoms with Crippen molar-refractivity contribution in [3.8, 4) is 5.75 Å². The number of imidazole rings is 1. The van der Waals surface area contributed by atoms with Gasteiger partial charge in [-0.2, -0.15) is 0 Å². The van der Waals surface area contributed by atoms with Gasteiger partial charge in [-0.05, 0) is 37.1 Å². The van der Waals surface area contributed by atoms with E-state index in [9.17, 15) is 4.79 Å². The maximum atomic E-state index is 12.5. The zero-order valence-electron chi connectivity index (χ0n) is 18.9. The highest BCUT2D eigenvalue weighted by molar-refractivity contribution is 5.96. The number of ether oxygens (including phenoxy) is 1. The summed E-state index contributed by atoms with van der Waals surface area (Å²) in [7, 11) is 1.68. The molecule has 3 aromatic rings. The number of hydrogen-bond acceptors (Lipinski definition) is 4. The van der Waals surface area contributed by atoms with Gasteiger partial charge in [-0.3, -0.25) is 4.79 Å². The van der Waals surface area contributed by atoms with Gasteiger partial charge in [0.15, 0.2) is 5.65 Å². The van der Waals surface area contributed by atoms with Crippen LogP contribution in [0.15, 0.2) is 30.3 Å². The Hall–Kier alpha value is -2.89. The van der Waals surface area contributed by atoms with Crippen LogP contribution < -0.4 is 10.1 Å². The first kappa shape index (κ1) is 21.8. The summed E-state index contributed by atoms with van der Waals surface area (Å²) in [6.45, 7) is 10.5. The third-order valence-electron chi connectivity index (χ3n) is 5.15. The Balaban J connectivity index is 2.03. The molecule has 3 rings (SSSR count). The molecule has 6 nitrogen and oxygen atoms in total. The molecule has 0 atom stereocenters. The predicted octanol–water partition coefficient (Wildman–Crippen LogP) is 5.12. The van der Waals surface area contributed by atoms with E-state index in [-0.39, 0.29) is 5.91 Å². The van der Waals surface area contributed by atoms with Gasteiger partial charge >= 0.3 is 0 Å². The van der Waals surface area contributed by atoms with Gasteiger partial charge in [0.25, 0.3) is 0 Å². The number of carbonyl (C=O) groups is 1. The minimum Gasteiger partial charge on any atom is -0.497 e. The van der Waals surface area contributed by atoms with Crippen molar-refractivity contribution in [1.29, 1.82) is 0 Å². The summed E-state index contributed by atoms with van der Waals surface area (Å²) < 4.78 is 7.56. The fraction of sp³-hybridized carbons (Fsp3) is 0.458. The Labute approximate surface area is 178 Å². The van der Waals surface area contributed by atoms with Gasteiger partial charge in [0.2, 0.25) is 5.91 Å². The van der Waals surface area contributed by atoms with Gasteiger partial charge in [-0.25, -0.2) is 9.97 Å². The van der Waals surface area contributed by atoms with Crippen molar-refractivity contribution in [2.45, 2.75) is 60.4 Å². The SMILES string of the molecule is CCCCc1nc2cc(NC(=O)C(C)(C)C)c(C)nc2n1Cc1cccc(OC)c1. The van der Waals surface area contributed by atoms with Crippen molar-refractivity contribution < 1.29 is 9.53 Å². The molecule has 0 saturated heterocycles. The molecule has 1 amide bonds. The minimum absolute atomic E-state index is 0.0335. The van der Waals surface area contributed by atoms with Crippen molar-refractivity contribution in [2.24, 2.45) is 5.41 Å². The van der Waals surface area contributed by atoms with Gasteiger partial charge in [-0.1, -0.05) is 46.2 Å². The van der Waals surface area contributed by atoms with Crippen LogP contribution >= 0.6 is 0 Å². The van der Waals surface area contributed by atoms with E-state index >= 15 is 0 Å². The van der Waals surface area contributed by atoms with Crippen LogP contribution in [0.3, 0.4) is 0 Å². The molecule has 0 aliphatic heterocycles. The number of pyridine rings is 1. The third-order valence-corrected chi connectivity index (χ3v) is 5.15. The first-order valence-electron chi connectivity index (χ1n) is 10.5. The molecule has 30 heavy (non-hydrogen) atoms. The highest BCUT2D eigenvalue weighted by atomic mass is 16.5. The number of fused-ring (bicyclic) bond motifs is 1. The van der Waals surface area contributed by atoms with Crippen molar-refractivity contribution in [3.63, 3.8) is 0 Å². The van der Waals surface area contributed by atoms with E-state index in [1.165, 1.54) is 0 Å². The van der Waals surface area contributed by atoms with Crippen molar-refractivity contribution >= 4 is 22.8 Å². The van der Waals surface area contributed by atoms with Gasteiger partial charge in [0.05, 0.1) is 25.0 Å². The van der Waals surface area contributed by atoms with Crippen LogP contribution in [0.25, 0.3) is 11.2 Å². The minimum atomic E-state index is -0.473. The summed E-state index contributed by atoms with van der Waals surface area (Å²) in [5.41, 5.74) is 3.81. The number of nitrogens with one attached hydrogen (secondary N) is 1. The highest BCUT2D eigenvalue weighted by Crippen LogP contribution is 2.26. The molecule has 0 fully saturated rings. The van der Waals surface area contributed by atoms with Crippen LogP contribution in [-0.2, 0) is 17.8 Å². The Bertz CT molecular complexity index is 1050. The zero-order valence-corrected chi connectivity index (χ0v) is 18.9. The average Bonchev–Trinajstić information content (AvgIpc) is 3.02. The Morgan fingerprint density at radius 1 is 1.20 bits per heavy atom. The number of aryl methyl sites for hydroxylation is 2. The molecule has 0 radical (unpaired) electrons. The van der Waals surface area contributed by atoms with E-state index in [1.807, 2.05) is 52.0 Å². The number of carbonyl (C=O) groups excluding carboxylic acids is 1. The first-order valence-corrected chi connectivity index (χ1v) is 10.5. The second-order valence-corrected chi connectivity index (χ2v) is 8.74. The molecule has 0 aliphatic rings. The van der Waals surface area contributed by atoms with Crippen molar-refractivity contribution in [2.75, 3.05) is 12.4 Å². The number of amides is 1. The smallest absolute Gasteiger partial charge is 0.229 e. The predicted molar refractivity (Wildman–Crippen MR) is 121 cm³/mol. The molecule has 0 bridgehead atoms. The number of nitrogens with zero attached hydrogens (tertiary/aromatic N) is 3. The summed E-state index contributed by atoms with van der Waals surface area (Å²) >= 11 is 0. The van der Waals surface area contributed by atoms with E-state index in [0.29, 0.717) is 6.54 Å². The maximum Gasteiger partial charge on any atom is 0.229 e. The molecule has 2 aromatic heterocycles. The number of hydrogen-bond donors (Lipinski definition) is 1. The molecule has 160 valence electrons. The van der Waals surface area contributed by atoms with Crippen LogP contribution in [-0.4, -0.2) is 27.6 Å². The monoisotopic (exact) mass is 408 g/mol. The summed E-state index contributed by atoms with van der Waals surface area (Å²) in [4.78, 5) is 22.2. The average molecular weight is 409 g/mol. The Kier molecular flexibility index (Phi) is 6.44. The molecule has 0 spiro atoms. The second kappa shape index (κ2) is 8.86. The lowest BCUT2D eigenvalue weighted by Crippen LogP contribution is -2.28. The van der Waals surface area contributed by atoms with Gasteiger partial charge < -0.3 is 14.6 Å². The van der Waals surface area contributed by atoms with Crippen LogP contribution in [0.1, 0.15) is 57.6 Å². The Morgan fingerprint density at radius 2 is 1.97 bits per heavy atom. The van der Waals surface area contributed by atoms with E-state index < -0.39 is 5.41 Å². The number of rotatable bonds is 7. The zero-order chi connectivity index (χ0) is 21.9. The Morgan fingerprint density at radius 3 is 2.63 bits per heavy atom. The summed E-state index contributed by atoms with van der Waals surface area (Å²) in [6.07, 6.45) is 3.05. The molecule has 1 aromatic carbocycles.